The number of anilines is 1. The molecule has 0 aliphatic heterocycles. The predicted octanol–water partition coefficient (Wildman–Crippen LogP) is 3.12. The molecule has 0 heterocycles. The molecular weight excluding hydrogens is 302 g/mol. The van der Waals surface area contributed by atoms with Crippen LogP contribution in [0.2, 0.25) is 0 Å². The van der Waals surface area contributed by atoms with E-state index in [1.54, 1.807) is 25.1 Å². The zero-order valence-electron chi connectivity index (χ0n) is 13.0. The van der Waals surface area contributed by atoms with E-state index in [0.717, 1.165) is 5.56 Å². The summed E-state index contributed by atoms with van der Waals surface area (Å²) in [6.45, 7) is 3.69. The van der Waals surface area contributed by atoms with Gasteiger partial charge in [-0.25, -0.2) is 8.42 Å². The topological polar surface area (TPSA) is 64.6 Å². The highest BCUT2D eigenvalue weighted by atomic mass is 32.2. The lowest BCUT2D eigenvalue weighted by molar-refractivity contribution is 0.380. The van der Waals surface area contributed by atoms with E-state index in [2.05, 4.69) is 4.72 Å². The van der Waals surface area contributed by atoms with Crippen molar-refractivity contribution in [3.8, 4) is 11.5 Å². The van der Waals surface area contributed by atoms with Gasteiger partial charge in [-0.1, -0.05) is 17.7 Å². The largest absolute Gasteiger partial charge is 0.496 e. The van der Waals surface area contributed by atoms with Crippen LogP contribution in [0.25, 0.3) is 0 Å². The van der Waals surface area contributed by atoms with Gasteiger partial charge in [0.15, 0.2) is 0 Å². The van der Waals surface area contributed by atoms with Crippen LogP contribution in [-0.2, 0) is 10.0 Å². The molecule has 2 rings (SSSR count). The maximum atomic E-state index is 12.6. The van der Waals surface area contributed by atoms with Gasteiger partial charge in [0, 0.05) is 11.3 Å². The van der Waals surface area contributed by atoms with E-state index in [-0.39, 0.29) is 10.6 Å². The van der Waals surface area contributed by atoms with Crippen molar-refractivity contribution in [1.29, 1.82) is 0 Å². The molecule has 0 unspecified atom stereocenters. The smallest absolute Gasteiger partial charge is 0.265 e. The Hall–Kier alpha value is -2.21. The van der Waals surface area contributed by atoms with Crippen LogP contribution in [0.5, 0.6) is 11.5 Å². The van der Waals surface area contributed by atoms with Gasteiger partial charge in [-0.3, -0.25) is 4.72 Å². The lowest BCUT2D eigenvalue weighted by Gasteiger charge is -2.15. The zero-order chi connectivity index (χ0) is 16.3. The van der Waals surface area contributed by atoms with Crippen LogP contribution in [0, 0.1) is 13.8 Å². The fourth-order valence-electron chi connectivity index (χ4n) is 2.17. The Labute approximate surface area is 130 Å². The molecule has 118 valence electrons. The predicted molar refractivity (Wildman–Crippen MR) is 86.3 cm³/mol. The molecule has 0 amide bonds. The Kier molecular flexibility index (Phi) is 4.61. The fourth-order valence-corrected chi connectivity index (χ4v) is 3.45. The van der Waals surface area contributed by atoms with Gasteiger partial charge in [-0.2, -0.15) is 0 Å². The van der Waals surface area contributed by atoms with Crippen molar-refractivity contribution >= 4 is 15.7 Å². The third-order valence-corrected chi connectivity index (χ3v) is 4.74. The minimum atomic E-state index is -3.75. The lowest BCUT2D eigenvalue weighted by Crippen LogP contribution is -2.14. The maximum Gasteiger partial charge on any atom is 0.265 e. The third kappa shape index (κ3) is 3.17. The van der Waals surface area contributed by atoms with Crippen molar-refractivity contribution in [2.45, 2.75) is 18.7 Å². The van der Waals surface area contributed by atoms with E-state index < -0.39 is 10.0 Å². The zero-order valence-corrected chi connectivity index (χ0v) is 13.8. The number of ether oxygens (including phenoxy) is 2. The van der Waals surface area contributed by atoms with Gasteiger partial charge in [0.25, 0.3) is 10.0 Å². The number of sulfonamides is 1. The fraction of sp³-hybridized carbons (Fsp3) is 0.250. The molecule has 2 aromatic carbocycles. The molecule has 0 radical (unpaired) electrons. The van der Waals surface area contributed by atoms with Gasteiger partial charge in [0.2, 0.25) is 0 Å². The molecule has 0 saturated heterocycles. The van der Waals surface area contributed by atoms with Crippen LogP contribution in [0.4, 0.5) is 5.69 Å². The second-order valence-electron chi connectivity index (χ2n) is 4.90. The highest BCUT2D eigenvalue weighted by Gasteiger charge is 2.22. The number of hydrogen-bond acceptors (Lipinski definition) is 4. The van der Waals surface area contributed by atoms with Crippen molar-refractivity contribution in [3.63, 3.8) is 0 Å². The second-order valence-corrected chi connectivity index (χ2v) is 6.55. The van der Waals surface area contributed by atoms with Crippen molar-refractivity contribution in [3.05, 3.63) is 47.5 Å². The molecule has 0 saturated carbocycles. The first-order chi connectivity index (χ1) is 10.4. The molecule has 5 nitrogen and oxygen atoms in total. The maximum absolute atomic E-state index is 12.6. The molecular formula is C16H19NO4S. The van der Waals surface area contributed by atoms with Gasteiger partial charge >= 0.3 is 0 Å². The van der Waals surface area contributed by atoms with Crippen LogP contribution in [0.15, 0.2) is 41.3 Å². The summed E-state index contributed by atoms with van der Waals surface area (Å²) in [6, 6.07) is 10.2. The molecule has 0 bridgehead atoms. The van der Waals surface area contributed by atoms with Gasteiger partial charge in [-0.05, 0) is 38.1 Å². The van der Waals surface area contributed by atoms with Crippen LogP contribution < -0.4 is 14.2 Å². The summed E-state index contributed by atoms with van der Waals surface area (Å²) in [5.74, 6) is 0.852. The minimum Gasteiger partial charge on any atom is -0.496 e. The van der Waals surface area contributed by atoms with E-state index in [4.69, 9.17) is 9.47 Å². The Morgan fingerprint density at radius 1 is 0.909 bits per heavy atom. The summed E-state index contributed by atoms with van der Waals surface area (Å²) in [4.78, 5) is 0.0777. The van der Waals surface area contributed by atoms with Gasteiger partial charge in [-0.15, -0.1) is 0 Å². The number of rotatable bonds is 5. The minimum absolute atomic E-state index is 0.0777. The molecule has 0 aliphatic carbocycles. The standard InChI is InChI=1S/C16H19NO4S/c1-11-5-7-13(8-6-11)17-22(18,19)15-10-9-14(20-3)12(2)16(15)21-4/h5-10,17H,1-4H3. The van der Waals surface area contributed by atoms with Crippen molar-refractivity contribution in [2.24, 2.45) is 0 Å². The quantitative estimate of drug-likeness (QED) is 0.919. The summed E-state index contributed by atoms with van der Waals surface area (Å²) in [5.41, 5.74) is 2.19. The first-order valence-corrected chi connectivity index (χ1v) is 8.18. The highest BCUT2D eigenvalue weighted by molar-refractivity contribution is 7.92. The van der Waals surface area contributed by atoms with E-state index in [9.17, 15) is 8.42 Å². The van der Waals surface area contributed by atoms with Crippen molar-refractivity contribution in [2.75, 3.05) is 18.9 Å². The first kappa shape index (κ1) is 16.2. The van der Waals surface area contributed by atoms with Crippen molar-refractivity contribution in [1.82, 2.24) is 0 Å². The highest BCUT2D eigenvalue weighted by Crippen LogP contribution is 2.34. The Balaban J connectivity index is 2.45. The van der Waals surface area contributed by atoms with Gasteiger partial charge < -0.3 is 9.47 Å². The SMILES string of the molecule is COc1ccc(S(=O)(=O)Nc2ccc(C)cc2)c(OC)c1C. The normalized spacial score (nSPS) is 11.1. The van der Waals surface area contributed by atoms with Crippen LogP contribution >= 0.6 is 0 Å². The van der Waals surface area contributed by atoms with E-state index in [1.165, 1.54) is 20.3 Å². The second kappa shape index (κ2) is 6.27. The summed E-state index contributed by atoms with van der Waals surface area (Å²) >= 11 is 0. The summed E-state index contributed by atoms with van der Waals surface area (Å²) < 4.78 is 38.2. The molecule has 0 aliphatic rings. The van der Waals surface area contributed by atoms with Gasteiger partial charge in [0.05, 0.1) is 14.2 Å². The number of benzene rings is 2. The number of nitrogens with one attached hydrogen (secondary N) is 1. The third-order valence-electron chi connectivity index (χ3n) is 3.34. The monoisotopic (exact) mass is 321 g/mol. The Bertz CT molecular complexity index is 767. The molecule has 0 fully saturated rings. The Morgan fingerprint density at radius 2 is 1.55 bits per heavy atom. The summed E-state index contributed by atoms with van der Waals surface area (Å²) in [5, 5.41) is 0. The van der Waals surface area contributed by atoms with Crippen LogP contribution in [0.1, 0.15) is 11.1 Å². The molecule has 0 aromatic heterocycles. The number of hydrogen-bond donors (Lipinski definition) is 1. The van der Waals surface area contributed by atoms with E-state index in [1.807, 2.05) is 19.1 Å². The molecule has 1 N–H and O–H groups in total. The van der Waals surface area contributed by atoms with Gasteiger partial charge in [0.1, 0.15) is 16.4 Å². The molecule has 0 atom stereocenters. The first-order valence-electron chi connectivity index (χ1n) is 6.70. The molecule has 0 spiro atoms. The van der Waals surface area contributed by atoms with Crippen LogP contribution in [-0.4, -0.2) is 22.6 Å². The summed E-state index contributed by atoms with van der Waals surface area (Å²) in [6.07, 6.45) is 0. The van der Waals surface area contributed by atoms with E-state index >= 15 is 0 Å². The summed E-state index contributed by atoms with van der Waals surface area (Å²) in [7, 11) is -0.782. The molecule has 2 aromatic rings. The van der Waals surface area contributed by atoms with E-state index in [0.29, 0.717) is 17.0 Å². The average Bonchev–Trinajstić information content (AvgIpc) is 2.49. The van der Waals surface area contributed by atoms with Crippen LogP contribution in [0.3, 0.4) is 0 Å². The number of methoxy groups -OCH3 is 2. The van der Waals surface area contributed by atoms with Crippen molar-refractivity contribution < 1.29 is 17.9 Å². The average molecular weight is 321 g/mol. The lowest BCUT2D eigenvalue weighted by atomic mass is 10.2. The Morgan fingerprint density at radius 3 is 2.09 bits per heavy atom. The molecule has 22 heavy (non-hydrogen) atoms. The molecule has 6 heteroatoms. The number of aryl methyl sites for hydroxylation is 1.